The van der Waals surface area contributed by atoms with Gasteiger partial charge in [-0.25, -0.2) is 0 Å². The second-order valence-electron chi connectivity index (χ2n) is 5.79. The highest BCUT2D eigenvalue weighted by Gasteiger charge is 2.29. The van der Waals surface area contributed by atoms with Gasteiger partial charge in [0, 0.05) is 24.7 Å². The van der Waals surface area contributed by atoms with Crippen molar-refractivity contribution in [1.29, 1.82) is 0 Å². The molecule has 0 saturated carbocycles. The first kappa shape index (κ1) is 13.0. The van der Waals surface area contributed by atoms with E-state index < -0.39 is 0 Å². The Bertz CT molecular complexity index is 327. The first-order valence-electron chi connectivity index (χ1n) is 6.28. The van der Waals surface area contributed by atoms with Crippen molar-refractivity contribution in [2.45, 2.75) is 33.2 Å². The number of hydrogen-bond donors (Lipinski definition) is 1. The molecule has 1 amide bonds. The van der Waals surface area contributed by atoms with Gasteiger partial charge in [-0.3, -0.25) is 10.1 Å². The first-order valence-corrected chi connectivity index (χ1v) is 7.43. The molecule has 2 aliphatic rings. The van der Waals surface area contributed by atoms with E-state index >= 15 is 0 Å². The molecule has 0 spiro atoms. The fourth-order valence-electron chi connectivity index (χ4n) is 2.32. The van der Waals surface area contributed by atoms with E-state index in [9.17, 15) is 4.79 Å². The average molecular weight is 254 g/mol. The average Bonchev–Trinajstić information content (AvgIpc) is 2.80. The van der Waals surface area contributed by atoms with E-state index in [1.807, 2.05) is 4.90 Å². The van der Waals surface area contributed by atoms with Gasteiger partial charge >= 0.3 is 0 Å². The third-order valence-corrected chi connectivity index (χ3v) is 4.44. The smallest absolute Gasteiger partial charge is 0.240 e. The van der Waals surface area contributed by atoms with Crippen LogP contribution >= 0.6 is 11.8 Å². The molecule has 0 radical (unpaired) electrons. The topological polar surface area (TPSA) is 32.3 Å². The van der Waals surface area contributed by atoms with Crippen molar-refractivity contribution in [3.8, 4) is 0 Å². The van der Waals surface area contributed by atoms with Gasteiger partial charge in [0.15, 0.2) is 0 Å². The zero-order valence-electron chi connectivity index (χ0n) is 11.0. The standard InChI is InChI=1S/C13H22N2OS/c1-13(2,3)10-4-6-15(7-5-10)12(16)11-8-17-9-14-11/h4,11,14H,5-9H2,1-3H3. The monoisotopic (exact) mass is 254 g/mol. The van der Waals surface area contributed by atoms with Gasteiger partial charge in [-0.2, -0.15) is 0 Å². The zero-order valence-corrected chi connectivity index (χ0v) is 11.8. The van der Waals surface area contributed by atoms with E-state index in [1.165, 1.54) is 5.57 Å². The quantitative estimate of drug-likeness (QED) is 0.725. The molecule has 0 bridgehead atoms. The first-order chi connectivity index (χ1) is 7.98. The lowest BCUT2D eigenvalue weighted by Crippen LogP contribution is -2.46. The molecule has 2 heterocycles. The summed E-state index contributed by atoms with van der Waals surface area (Å²) >= 11 is 1.81. The molecule has 0 aromatic carbocycles. The SMILES string of the molecule is CC(C)(C)C1=CCN(C(=O)C2CSCN2)CC1. The molecule has 0 aromatic heterocycles. The molecule has 0 aromatic rings. The number of rotatable bonds is 1. The van der Waals surface area contributed by atoms with Gasteiger partial charge in [0.2, 0.25) is 5.91 Å². The molecule has 17 heavy (non-hydrogen) atoms. The second kappa shape index (κ2) is 5.02. The Morgan fingerprint density at radius 1 is 1.53 bits per heavy atom. The van der Waals surface area contributed by atoms with Crippen molar-refractivity contribution in [2.75, 3.05) is 24.7 Å². The van der Waals surface area contributed by atoms with Crippen LogP contribution in [0.3, 0.4) is 0 Å². The molecule has 1 unspecified atom stereocenters. The van der Waals surface area contributed by atoms with Crippen LogP contribution in [-0.4, -0.2) is 41.6 Å². The normalized spacial score (nSPS) is 25.9. The van der Waals surface area contributed by atoms with E-state index in [0.29, 0.717) is 0 Å². The lowest BCUT2D eigenvalue weighted by molar-refractivity contribution is -0.132. The van der Waals surface area contributed by atoms with Crippen molar-refractivity contribution in [3.63, 3.8) is 0 Å². The minimum absolute atomic E-state index is 0.0459. The molecule has 0 aliphatic carbocycles. The van der Waals surface area contributed by atoms with E-state index in [2.05, 4.69) is 32.2 Å². The van der Waals surface area contributed by atoms with Crippen LogP contribution in [0.15, 0.2) is 11.6 Å². The van der Waals surface area contributed by atoms with Crippen molar-refractivity contribution < 1.29 is 4.79 Å². The summed E-state index contributed by atoms with van der Waals surface area (Å²) in [6, 6.07) is 0.0459. The number of hydrogen-bond acceptors (Lipinski definition) is 3. The number of nitrogens with zero attached hydrogens (tertiary/aromatic N) is 1. The summed E-state index contributed by atoms with van der Waals surface area (Å²) in [5.74, 6) is 2.11. The highest BCUT2D eigenvalue weighted by molar-refractivity contribution is 7.99. The Kier molecular flexibility index (Phi) is 3.83. The minimum atomic E-state index is 0.0459. The molecule has 1 fully saturated rings. The molecule has 4 heteroatoms. The van der Waals surface area contributed by atoms with E-state index in [0.717, 1.165) is 31.1 Å². The molecular weight excluding hydrogens is 232 g/mol. The lowest BCUT2D eigenvalue weighted by atomic mass is 9.83. The number of nitrogens with one attached hydrogen (secondary N) is 1. The number of carbonyl (C=O) groups is 1. The summed E-state index contributed by atoms with van der Waals surface area (Å²) in [7, 11) is 0. The third kappa shape index (κ3) is 3.05. The molecule has 2 aliphatic heterocycles. The van der Waals surface area contributed by atoms with Crippen LogP contribution in [0.4, 0.5) is 0 Å². The summed E-state index contributed by atoms with van der Waals surface area (Å²) < 4.78 is 0. The van der Waals surface area contributed by atoms with Crippen molar-refractivity contribution >= 4 is 17.7 Å². The van der Waals surface area contributed by atoms with Crippen molar-refractivity contribution in [2.24, 2.45) is 5.41 Å². The maximum atomic E-state index is 12.2. The fourth-order valence-corrected chi connectivity index (χ4v) is 3.26. The predicted octanol–water partition coefficient (Wildman–Crippen LogP) is 1.85. The van der Waals surface area contributed by atoms with Gasteiger partial charge in [0.1, 0.15) is 0 Å². The van der Waals surface area contributed by atoms with Crippen LogP contribution < -0.4 is 5.32 Å². The number of amides is 1. The summed E-state index contributed by atoms with van der Waals surface area (Å²) in [5, 5.41) is 3.25. The highest BCUT2D eigenvalue weighted by atomic mass is 32.2. The predicted molar refractivity (Wildman–Crippen MR) is 73.0 cm³/mol. The van der Waals surface area contributed by atoms with E-state index in [1.54, 1.807) is 11.8 Å². The Morgan fingerprint density at radius 3 is 2.76 bits per heavy atom. The Hall–Kier alpha value is -0.480. The zero-order chi connectivity index (χ0) is 12.5. The summed E-state index contributed by atoms with van der Waals surface area (Å²) in [6.45, 7) is 8.39. The highest BCUT2D eigenvalue weighted by Crippen LogP contribution is 2.30. The molecule has 96 valence electrons. The minimum Gasteiger partial charge on any atom is -0.337 e. The van der Waals surface area contributed by atoms with Crippen molar-refractivity contribution in [1.82, 2.24) is 10.2 Å². The van der Waals surface area contributed by atoms with E-state index in [4.69, 9.17) is 0 Å². The Morgan fingerprint density at radius 2 is 2.29 bits per heavy atom. The molecule has 1 atom stereocenters. The van der Waals surface area contributed by atoms with Crippen molar-refractivity contribution in [3.05, 3.63) is 11.6 Å². The Balaban J connectivity index is 1.94. The molecule has 2 rings (SSSR count). The van der Waals surface area contributed by atoms with Gasteiger partial charge in [-0.15, -0.1) is 11.8 Å². The summed E-state index contributed by atoms with van der Waals surface area (Å²) in [5.41, 5.74) is 1.73. The van der Waals surface area contributed by atoms with Gasteiger partial charge < -0.3 is 4.90 Å². The largest absolute Gasteiger partial charge is 0.337 e. The van der Waals surface area contributed by atoms with Gasteiger partial charge in [0.05, 0.1) is 6.04 Å². The van der Waals surface area contributed by atoms with Crippen LogP contribution in [-0.2, 0) is 4.79 Å². The van der Waals surface area contributed by atoms with Gasteiger partial charge in [-0.1, -0.05) is 32.4 Å². The molecule has 1 N–H and O–H groups in total. The maximum Gasteiger partial charge on any atom is 0.240 e. The van der Waals surface area contributed by atoms with Gasteiger partial charge in [-0.05, 0) is 11.8 Å². The maximum absolute atomic E-state index is 12.2. The number of carbonyl (C=O) groups excluding carboxylic acids is 1. The fraction of sp³-hybridized carbons (Fsp3) is 0.769. The summed E-state index contributed by atoms with van der Waals surface area (Å²) in [6.07, 6.45) is 3.26. The second-order valence-corrected chi connectivity index (χ2v) is 6.82. The van der Waals surface area contributed by atoms with Crippen LogP contribution in [0.1, 0.15) is 27.2 Å². The van der Waals surface area contributed by atoms with Crippen LogP contribution in [0.5, 0.6) is 0 Å². The molecule has 1 saturated heterocycles. The Labute approximate surface area is 108 Å². The van der Waals surface area contributed by atoms with Crippen LogP contribution in [0, 0.1) is 5.41 Å². The lowest BCUT2D eigenvalue weighted by Gasteiger charge is -2.33. The van der Waals surface area contributed by atoms with Crippen LogP contribution in [0.25, 0.3) is 0 Å². The molecular formula is C13H22N2OS. The summed E-state index contributed by atoms with van der Waals surface area (Å²) in [4.78, 5) is 14.2. The van der Waals surface area contributed by atoms with E-state index in [-0.39, 0.29) is 17.4 Å². The van der Waals surface area contributed by atoms with Gasteiger partial charge in [0.25, 0.3) is 0 Å². The number of thioether (sulfide) groups is 1. The molecule has 3 nitrogen and oxygen atoms in total. The van der Waals surface area contributed by atoms with Crippen LogP contribution in [0.2, 0.25) is 0 Å². The third-order valence-electron chi connectivity index (χ3n) is 3.50.